The van der Waals surface area contributed by atoms with Gasteiger partial charge in [-0.15, -0.1) is 0 Å². The fourth-order valence-corrected chi connectivity index (χ4v) is 0.818. The summed E-state index contributed by atoms with van der Waals surface area (Å²) in [4.78, 5) is 19.5. The van der Waals surface area contributed by atoms with Crippen LogP contribution in [0.1, 0.15) is 26.7 Å². The molecule has 3 N–H and O–H groups in total. The quantitative estimate of drug-likeness (QED) is 0.299. The van der Waals surface area contributed by atoms with E-state index < -0.39 is 11.9 Å². The molecule has 18 heavy (non-hydrogen) atoms. The van der Waals surface area contributed by atoms with Crippen molar-refractivity contribution in [2.45, 2.75) is 37.2 Å². The molecule has 0 heterocycles. The van der Waals surface area contributed by atoms with Crippen molar-refractivity contribution >= 4 is 59.1 Å². The minimum atomic E-state index is -0.789. The van der Waals surface area contributed by atoms with E-state index in [1.807, 2.05) is 6.26 Å². The van der Waals surface area contributed by atoms with Gasteiger partial charge in [0.25, 0.3) is 0 Å². The smallest absolute Gasteiger partial charge is 0.304 e. The van der Waals surface area contributed by atoms with Crippen LogP contribution >= 0.6 is 47.1 Å². The third-order valence-electron chi connectivity index (χ3n) is 1.01. The standard InChI is InChI=1S/2C4H8O2S.CH4OS2/c2*1-3(7)2-4(5)6;1-3-4-2/h2*3,7H,2H2,1H3,(H,5,6);2H,1H3. The predicted molar refractivity (Wildman–Crippen MR) is 85.1 cm³/mol. The van der Waals surface area contributed by atoms with E-state index in [4.69, 9.17) is 14.8 Å². The van der Waals surface area contributed by atoms with Crippen molar-refractivity contribution in [3.05, 3.63) is 0 Å². The van der Waals surface area contributed by atoms with Gasteiger partial charge in [0.05, 0.1) is 23.9 Å². The number of rotatable bonds is 5. The Labute approximate surface area is 127 Å². The lowest BCUT2D eigenvalue weighted by atomic mass is 10.3. The Morgan fingerprint density at radius 1 is 1.06 bits per heavy atom. The van der Waals surface area contributed by atoms with Crippen molar-refractivity contribution in [2.24, 2.45) is 0 Å². The first-order chi connectivity index (χ1) is 8.17. The summed E-state index contributed by atoms with van der Waals surface area (Å²) in [5, 5.41) is 16.0. The van der Waals surface area contributed by atoms with Gasteiger partial charge in [0.15, 0.2) is 0 Å². The molecule has 0 amide bonds. The van der Waals surface area contributed by atoms with Gasteiger partial charge >= 0.3 is 11.9 Å². The minimum absolute atomic E-state index is 0.0301. The Kier molecular flexibility index (Phi) is 22.5. The normalized spacial score (nSPS) is 12.1. The van der Waals surface area contributed by atoms with Crippen molar-refractivity contribution in [1.29, 1.82) is 0 Å². The molecule has 2 unspecified atom stereocenters. The number of carboxylic acid groups (broad SMARTS) is 2. The van der Waals surface area contributed by atoms with Crippen LogP contribution in [0.4, 0.5) is 0 Å². The third-order valence-corrected chi connectivity index (χ3v) is 1.98. The summed E-state index contributed by atoms with van der Waals surface area (Å²) >= 11 is 8.49. The highest BCUT2D eigenvalue weighted by Gasteiger charge is 1.99. The fourth-order valence-electron chi connectivity index (χ4n) is 0.505. The molecule has 0 bridgehead atoms. The number of carbonyl (C=O) groups is 2. The molecule has 0 spiro atoms. The van der Waals surface area contributed by atoms with E-state index in [2.05, 4.69) is 25.3 Å². The number of thiol groups is 2. The molecule has 0 aromatic rings. The highest BCUT2D eigenvalue weighted by atomic mass is 33.1. The second kappa shape index (κ2) is 17.3. The molecule has 0 radical (unpaired) electrons. The molecular formula is C9H20O5S4. The van der Waals surface area contributed by atoms with E-state index in [0.717, 1.165) is 11.1 Å². The van der Waals surface area contributed by atoms with E-state index in [1.54, 1.807) is 13.8 Å². The molecular weight excluding hydrogens is 316 g/mol. The first kappa shape index (κ1) is 23.4. The van der Waals surface area contributed by atoms with Crippen molar-refractivity contribution < 1.29 is 24.4 Å². The van der Waals surface area contributed by atoms with Gasteiger partial charge in [0, 0.05) is 10.5 Å². The van der Waals surface area contributed by atoms with Crippen LogP contribution in [0.5, 0.6) is 0 Å². The van der Waals surface area contributed by atoms with Crippen molar-refractivity contribution in [1.82, 2.24) is 0 Å². The van der Waals surface area contributed by atoms with Crippen LogP contribution < -0.4 is 0 Å². The average molecular weight is 337 g/mol. The van der Waals surface area contributed by atoms with Gasteiger partial charge in [-0.25, -0.2) is 0 Å². The summed E-state index contributed by atoms with van der Waals surface area (Å²) in [6, 6.07) is 0. The molecule has 0 fully saturated rings. The van der Waals surface area contributed by atoms with Gasteiger partial charge in [-0.1, -0.05) is 24.6 Å². The molecule has 0 aliphatic rings. The Morgan fingerprint density at radius 3 is 1.28 bits per heavy atom. The summed E-state index contributed by atoms with van der Waals surface area (Å²) in [6.07, 6.45) is 2.09. The Balaban J connectivity index is -0.000000196. The van der Waals surface area contributed by atoms with Crippen molar-refractivity contribution in [2.75, 3.05) is 6.26 Å². The monoisotopic (exact) mass is 336 g/mol. The molecule has 2 atom stereocenters. The van der Waals surface area contributed by atoms with Gasteiger partial charge in [-0.3, -0.25) is 9.59 Å². The Bertz CT molecular complexity index is 189. The zero-order valence-corrected chi connectivity index (χ0v) is 13.9. The Morgan fingerprint density at radius 2 is 1.28 bits per heavy atom. The lowest BCUT2D eigenvalue weighted by Crippen LogP contribution is -2.01. The Hall–Kier alpha value is 0.300. The van der Waals surface area contributed by atoms with Gasteiger partial charge in [0.1, 0.15) is 0 Å². The van der Waals surface area contributed by atoms with Crippen LogP contribution in [-0.2, 0) is 9.59 Å². The van der Waals surface area contributed by atoms with E-state index in [-0.39, 0.29) is 23.3 Å². The second-order valence-electron chi connectivity index (χ2n) is 3.13. The van der Waals surface area contributed by atoms with Crippen molar-refractivity contribution in [3.8, 4) is 0 Å². The molecule has 0 aromatic carbocycles. The first-order valence-electron chi connectivity index (χ1n) is 4.81. The topological polar surface area (TPSA) is 94.8 Å². The first-order valence-corrected chi connectivity index (χ1v) is 8.36. The van der Waals surface area contributed by atoms with Crippen LogP contribution in [0.25, 0.3) is 0 Å². The second-order valence-corrected chi connectivity index (χ2v) is 6.83. The minimum Gasteiger partial charge on any atom is -0.481 e. The number of carboxylic acids is 2. The van der Waals surface area contributed by atoms with Gasteiger partial charge < -0.3 is 14.8 Å². The maximum Gasteiger partial charge on any atom is 0.304 e. The van der Waals surface area contributed by atoms with Crippen LogP contribution in [0.2, 0.25) is 0 Å². The number of aliphatic carboxylic acids is 2. The molecule has 9 heteroatoms. The van der Waals surface area contributed by atoms with E-state index in [9.17, 15) is 9.59 Å². The summed E-state index contributed by atoms with van der Waals surface area (Å²) in [5.41, 5.74) is 0. The maximum absolute atomic E-state index is 9.76. The molecule has 110 valence electrons. The maximum atomic E-state index is 9.76. The predicted octanol–water partition coefficient (Wildman–Crippen LogP) is 3.03. The van der Waals surface area contributed by atoms with E-state index in [1.165, 1.54) is 10.8 Å². The summed E-state index contributed by atoms with van der Waals surface area (Å²) in [6.45, 7) is 3.49. The van der Waals surface area contributed by atoms with Gasteiger partial charge in [0.2, 0.25) is 0 Å². The van der Waals surface area contributed by atoms with Gasteiger partial charge in [-0.05, 0) is 6.26 Å². The molecule has 0 aromatic heterocycles. The number of hydrogen-bond acceptors (Lipinski definition) is 7. The van der Waals surface area contributed by atoms with Crippen molar-refractivity contribution in [3.63, 3.8) is 0 Å². The lowest BCUT2D eigenvalue weighted by molar-refractivity contribution is -0.137. The fraction of sp³-hybridized carbons (Fsp3) is 0.778. The molecule has 0 saturated carbocycles. The lowest BCUT2D eigenvalue weighted by Gasteiger charge is -1.93. The van der Waals surface area contributed by atoms with Crippen LogP contribution in [-0.4, -0.2) is 43.5 Å². The third kappa shape index (κ3) is 44.1. The average Bonchev–Trinajstić information content (AvgIpc) is 2.14. The summed E-state index contributed by atoms with van der Waals surface area (Å²) < 4.78 is 7.75. The summed E-state index contributed by atoms with van der Waals surface area (Å²) in [5.74, 6) is -1.58. The molecule has 5 nitrogen and oxygen atoms in total. The zero-order chi connectivity index (χ0) is 15.1. The number of hydrogen-bond donors (Lipinski definition) is 5. The van der Waals surface area contributed by atoms with Crippen LogP contribution in [0, 0.1) is 0 Å². The highest BCUT2D eigenvalue weighted by Crippen LogP contribution is 2.08. The zero-order valence-electron chi connectivity index (χ0n) is 10.4. The van der Waals surface area contributed by atoms with E-state index in [0.29, 0.717) is 0 Å². The molecule has 0 aliphatic heterocycles. The van der Waals surface area contributed by atoms with E-state index >= 15 is 0 Å². The van der Waals surface area contributed by atoms with Crippen LogP contribution in [0.15, 0.2) is 0 Å². The van der Waals surface area contributed by atoms with Crippen LogP contribution in [0.3, 0.4) is 0 Å². The SMILES string of the molecule is CC(S)CC(=O)O.CC(S)CC(=O)O.CSSO. The molecule has 0 rings (SSSR count). The molecule has 0 saturated heterocycles. The highest BCUT2D eigenvalue weighted by molar-refractivity contribution is 8.74. The summed E-state index contributed by atoms with van der Waals surface area (Å²) in [7, 11) is 1.33. The largest absolute Gasteiger partial charge is 0.481 e. The van der Waals surface area contributed by atoms with Gasteiger partial charge in [-0.2, -0.15) is 25.3 Å². The molecule has 0 aliphatic carbocycles.